The van der Waals surface area contributed by atoms with E-state index < -0.39 is 57.4 Å². The molecule has 1 fully saturated rings. The molecule has 0 aromatic rings. The van der Waals surface area contributed by atoms with Crippen molar-refractivity contribution in [2.75, 3.05) is 0 Å². The van der Waals surface area contributed by atoms with Crippen LogP contribution in [0.25, 0.3) is 0 Å². The van der Waals surface area contributed by atoms with Crippen LogP contribution in [0.4, 0.5) is 0 Å². The first-order valence-electron chi connectivity index (χ1n) is 7.03. The van der Waals surface area contributed by atoms with E-state index in [1.54, 1.807) is 6.55 Å². The minimum Gasteiger partial charge on any atom is -0.477 e. The van der Waals surface area contributed by atoms with Crippen molar-refractivity contribution in [3.63, 3.8) is 0 Å². The van der Waals surface area contributed by atoms with Crippen LogP contribution in [0, 0.1) is 0 Å². The lowest BCUT2D eigenvalue weighted by Gasteiger charge is -2.39. The fraction of sp³-hybridized carbons (Fsp3) is 0.778. The maximum absolute atomic E-state index is 11.4. The van der Waals surface area contributed by atoms with Crippen molar-refractivity contribution in [1.82, 2.24) is 0 Å². The Morgan fingerprint density at radius 2 is 1.57 bits per heavy atom. The molecule has 0 aliphatic carbocycles. The van der Waals surface area contributed by atoms with Gasteiger partial charge in [0.05, 0.1) is 0 Å². The highest BCUT2D eigenvalue weighted by molar-refractivity contribution is 6.86. The van der Waals surface area contributed by atoms with Gasteiger partial charge in [0.25, 0.3) is 21.9 Å². The zero-order chi connectivity index (χ0) is 17.9. The lowest BCUT2D eigenvalue weighted by Crippen LogP contribution is -2.61. The smallest absolute Gasteiger partial charge is 0.477 e. The number of hydrogen-bond donors (Lipinski definition) is 0. The first-order valence-corrected chi connectivity index (χ1v) is 17.5. The number of carbonyl (C=O) groups is 2. The van der Waals surface area contributed by atoms with Gasteiger partial charge in [-0.2, -0.15) is 0 Å². The molecule has 0 aromatic heterocycles. The second kappa shape index (κ2) is 7.80. The highest BCUT2D eigenvalue weighted by Gasteiger charge is 2.51. The zero-order valence-electron chi connectivity index (χ0n) is 14.5. The highest BCUT2D eigenvalue weighted by Crippen LogP contribution is 2.24. The van der Waals surface area contributed by atoms with E-state index in [2.05, 4.69) is 0 Å². The predicted molar refractivity (Wildman–Crippen MR) is 91.2 cm³/mol. The number of rotatable bonds is 2. The van der Waals surface area contributed by atoms with E-state index in [1.807, 2.05) is 26.2 Å². The summed E-state index contributed by atoms with van der Waals surface area (Å²) in [4.78, 5) is 22.7. The van der Waals surface area contributed by atoms with Gasteiger partial charge >= 0.3 is 35.5 Å². The van der Waals surface area contributed by atoms with E-state index in [9.17, 15) is 9.59 Å². The number of hydrogen-bond acceptors (Lipinski definition) is 9. The molecule has 1 rings (SSSR count). The number of carbonyl (C=O) groups excluding carboxylic acids is 2. The largest absolute Gasteiger partial charge is 0.548 e. The summed E-state index contributed by atoms with van der Waals surface area (Å²) < 4.78 is 39.4. The van der Waals surface area contributed by atoms with Crippen molar-refractivity contribution < 1.29 is 39.0 Å². The topological polar surface area (TPSA) is 98.8 Å². The molecule has 0 radical (unpaired) electrons. The molecule has 1 aliphatic heterocycles. The molecule has 14 heteroatoms. The van der Waals surface area contributed by atoms with Crippen LogP contribution >= 0.6 is 0 Å². The monoisotopic (exact) mass is 416 g/mol. The Bertz CT molecular complexity index is 459. The third-order valence-corrected chi connectivity index (χ3v) is 18.4. The normalized spacial score (nSPS) is 32.0. The summed E-state index contributed by atoms with van der Waals surface area (Å²) in [7, 11) is -12.9. The van der Waals surface area contributed by atoms with Crippen molar-refractivity contribution in [1.29, 1.82) is 0 Å². The first-order chi connectivity index (χ1) is 10.3. The second-order valence-electron chi connectivity index (χ2n) is 5.90. The van der Waals surface area contributed by atoms with Crippen LogP contribution in [0.5, 0.6) is 0 Å². The van der Waals surface area contributed by atoms with Crippen molar-refractivity contribution >= 4 is 57.4 Å². The van der Waals surface area contributed by atoms with Gasteiger partial charge in [0, 0.05) is 20.4 Å². The fourth-order valence-corrected chi connectivity index (χ4v) is 18.7. The Labute approximate surface area is 143 Å². The minimum atomic E-state index is -3.43. The van der Waals surface area contributed by atoms with Gasteiger partial charge in [-0.05, 0) is 26.2 Å². The molecule has 2 atom stereocenters. The van der Waals surface area contributed by atoms with Gasteiger partial charge in [0.2, 0.25) is 0 Å². The van der Waals surface area contributed by atoms with Gasteiger partial charge in [-0.25, -0.2) is 0 Å². The fourth-order valence-electron chi connectivity index (χ4n) is 2.05. The predicted octanol–water partition coefficient (Wildman–Crippen LogP) is -0.103. The molecule has 0 spiro atoms. The Morgan fingerprint density at radius 3 is 2.09 bits per heavy atom. The average molecular weight is 417 g/mol. The highest BCUT2D eigenvalue weighted by atomic mass is 28.5. The molecule has 0 saturated carbocycles. The van der Waals surface area contributed by atoms with Crippen molar-refractivity contribution in [2.45, 2.75) is 46.6 Å². The molecule has 0 N–H and O–H groups in total. The van der Waals surface area contributed by atoms with Crippen molar-refractivity contribution in [3.05, 3.63) is 0 Å². The van der Waals surface area contributed by atoms with E-state index in [1.165, 1.54) is 13.8 Å². The van der Waals surface area contributed by atoms with Crippen molar-refractivity contribution in [2.24, 2.45) is 0 Å². The Kier molecular flexibility index (Phi) is 7.08. The van der Waals surface area contributed by atoms with Crippen LogP contribution in [0.1, 0.15) is 13.8 Å². The summed E-state index contributed by atoms with van der Waals surface area (Å²) in [5.41, 5.74) is 0. The molecule has 134 valence electrons. The van der Waals surface area contributed by atoms with Gasteiger partial charge < -0.3 is 29.4 Å². The standard InChI is InChI=1S/C9H24O9Si5/c1-8(10)12-20-14-19-15-21(3,4)17-22(5,6)18-23(7,16-20)13-9(2)11/h20H,19H2,1-7H3. The Balaban J connectivity index is 3.08. The molecule has 1 heterocycles. The van der Waals surface area contributed by atoms with Crippen LogP contribution in [0.15, 0.2) is 0 Å². The zero-order valence-corrected chi connectivity index (χ0v) is 20.0. The average Bonchev–Trinajstić information content (AvgIpc) is 2.20. The van der Waals surface area contributed by atoms with Crippen LogP contribution in [0.3, 0.4) is 0 Å². The molecule has 2 unspecified atom stereocenters. The van der Waals surface area contributed by atoms with Gasteiger partial charge in [-0.15, -0.1) is 0 Å². The lowest BCUT2D eigenvalue weighted by molar-refractivity contribution is -0.135. The lowest BCUT2D eigenvalue weighted by atomic mass is 10.9. The molecular formula is C9H24O9Si5. The summed E-state index contributed by atoms with van der Waals surface area (Å²) in [6, 6.07) is 0. The quantitative estimate of drug-likeness (QED) is 0.571. The molecule has 0 aromatic carbocycles. The van der Waals surface area contributed by atoms with Crippen LogP contribution < -0.4 is 0 Å². The third-order valence-electron chi connectivity index (χ3n) is 2.44. The van der Waals surface area contributed by atoms with Gasteiger partial charge in [0.1, 0.15) is 0 Å². The summed E-state index contributed by atoms with van der Waals surface area (Å²) >= 11 is 0. The SMILES string of the molecule is CC(=O)O[SiH]1O[SiH2]O[Si](C)(C)O[Si](C)(C)O[Si](C)(OC(C)=O)O1. The summed E-state index contributed by atoms with van der Waals surface area (Å²) in [5.74, 6) is -1.07. The molecular weight excluding hydrogens is 393 g/mol. The summed E-state index contributed by atoms with van der Waals surface area (Å²) in [6.07, 6.45) is 0. The minimum absolute atomic E-state index is 0.531. The van der Waals surface area contributed by atoms with Gasteiger partial charge in [-0.3, -0.25) is 9.59 Å². The van der Waals surface area contributed by atoms with Crippen LogP contribution in [0.2, 0.25) is 32.7 Å². The molecule has 0 amide bonds. The van der Waals surface area contributed by atoms with Crippen LogP contribution in [-0.2, 0) is 39.0 Å². The van der Waals surface area contributed by atoms with E-state index in [0.717, 1.165) is 0 Å². The summed E-state index contributed by atoms with van der Waals surface area (Å²) in [5, 5.41) is 0. The molecule has 0 bridgehead atoms. The van der Waals surface area contributed by atoms with E-state index >= 15 is 0 Å². The molecule has 23 heavy (non-hydrogen) atoms. The first kappa shape index (κ1) is 20.9. The third kappa shape index (κ3) is 7.96. The Morgan fingerprint density at radius 1 is 0.957 bits per heavy atom. The van der Waals surface area contributed by atoms with Gasteiger partial charge in [-0.1, -0.05) is 0 Å². The second-order valence-corrected chi connectivity index (χ2v) is 19.5. The summed E-state index contributed by atoms with van der Waals surface area (Å²) in [6.45, 7) is 11.5. The van der Waals surface area contributed by atoms with E-state index in [-0.39, 0.29) is 0 Å². The van der Waals surface area contributed by atoms with E-state index in [0.29, 0.717) is 0 Å². The van der Waals surface area contributed by atoms with Crippen molar-refractivity contribution in [3.8, 4) is 0 Å². The molecule has 1 aliphatic rings. The van der Waals surface area contributed by atoms with Gasteiger partial charge in [0.15, 0.2) is 0 Å². The van der Waals surface area contributed by atoms with Crippen LogP contribution in [-0.4, -0.2) is 57.4 Å². The maximum Gasteiger partial charge on any atom is 0.548 e. The maximum atomic E-state index is 11.4. The Hall–Kier alpha value is -0.176. The van der Waals surface area contributed by atoms with E-state index in [4.69, 9.17) is 29.4 Å². The molecule has 9 nitrogen and oxygen atoms in total. The molecule has 1 saturated heterocycles.